The predicted octanol–water partition coefficient (Wildman–Crippen LogP) is 5.63. The van der Waals surface area contributed by atoms with Crippen molar-refractivity contribution in [1.82, 2.24) is 4.57 Å². The Morgan fingerprint density at radius 2 is 1.81 bits per heavy atom. The van der Waals surface area contributed by atoms with Gasteiger partial charge in [-0.1, -0.05) is 55.8 Å². The molecule has 1 aromatic heterocycles. The van der Waals surface area contributed by atoms with E-state index in [1.165, 1.54) is 10.6 Å². The third-order valence-corrected chi connectivity index (χ3v) is 4.80. The van der Waals surface area contributed by atoms with E-state index in [4.69, 9.17) is 4.74 Å². The molecule has 31 heavy (non-hydrogen) atoms. The molecule has 3 rings (SSSR count). The highest BCUT2D eigenvalue weighted by Gasteiger charge is 2.36. The van der Waals surface area contributed by atoms with Crippen molar-refractivity contribution in [3.05, 3.63) is 87.7 Å². The number of nitriles is 1. The van der Waals surface area contributed by atoms with Gasteiger partial charge in [0.05, 0.1) is 24.4 Å². The van der Waals surface area contributed by atoms with Gasteiger partial charge in [-0.15, -0.1) is 0 Å². The molecule has 0 fully saturated rings. The van der Waals surface area contributed by atoms with Crippen molar-refractivity contribution >= 4 is 0 Å². The number of hydrogen-bond acceptors (Lipinski definition) is 3. The van der Waals surface area contributed by atoms with Crippen LogP contribution in [0, 0.1) is 11.3 Å². The third-order valence-electron chi connectivity index (χ3n) is 4.80. The number of benzene rings is 2. The summed E-state index contributed by atoms with van der Waals surface area (Å²) in [6.45, 7) is 2.54. The van der Waals surface area contributed by atoms with Crippen LogP contribution in [0.25, 0.3) is 11.3 Å². The van der Waals surface area contributed by atoms with Gasteiger partial charge in [0.2, 0.25) is 0 Å². The number of aromatic nitrogens is 1. The third kappa shape index (κ3) is 5.15. The lowest BCUT2D eigenvalue weighted by Crippen LogP contribution is -2.28. The summed E-state index contributed by atoms with van der Waals surface area (Å²) in [6, 6.07) is 17.8. The molecule has 0 radical (unpaired) electrons. The largest absolute Gasteiger partial charge is 0.494 e. The molecule has 0 aliphatic carbocycles. The van der Waals surface area contributed by atoms with E-state index < -0.39 is 22.9 Å². The zero-order valence-electron chi connectivity index (χ0n) is 16.9. The summed E-state index contributed by atoms with van der Waals surface area (Å²) >= 11 is 0. The maximum absolute atomic E-state index is 13.6. The Morgan fingerprint density at radius 3 is 2.45 bits per heavy atom. The topological polar surface area (TPSA) is 55.0 Å². The molecule has 160 valence electrons. The van der Waals surface area contributed by atoms with Crippen molar-refractivity contribution < 1.29 is 17.9 Å². The van der Waals surface area contributed by atoms with Crippen LogP contribution in [0.4, 0.5) is 13.2 Å². The molecule has 2 aromatic carbocycles. The number of ether oxygens (including phenoxy) is 1. The van der Waals surface area contributed by atoms with Gasteiger partial charge in [-0.25, -0.2) is 0 Å². The lowest BCUT2D eigenvalue weighted by molar-refractivity contribution is -0.137. The first kappa shape index (κ1) is 22.2. The van der Waals surface area contributed by atoms with Gasteiger partial charge >= 0.3 is 6.18 Å². The van der Waals surface area contributed by atoms with E-state index in [0.29, 0.717) is 17.9 Å². The molecule has 7 heteroatoms. The number of halogens is 3. The van der Waals surface area contributed by atoms with E-state index in [0.717, 1.165) is 24.5 Å². The van der Waals surface area contributed by atoms with Crippen LogP contribution in [-0.2, 0) is 12.7 Å². The van der Waals surface area contributed by atoms with Crippen molar-refractivity contribution in [2.75, 3.05) is 6.61 Å². The Bertz CT molecular complexity index is 1150. The fourth-order valence-electron chi connectivity index (χ4n) is 3.22. The van der Waals surface area contributed by atoms with E-state index in [9.17, 15) is 23.2 Å². The molecule has 0 unspecified atom stereocenters. The Labute approximate surface area is 178 Å². The van der Waals surface area contributed by atoms with Crippen molar-refractivity contribution in [2.24, 2.45) is 0 Å². The highest BCUT2D eigenvalue weighted by molar-refractivity contribution is 5.64. The molecule has 3 aromatic rings. The summed E-state index contributed by atoms with van der Waals surface area (Å²) in [7, 11) is 0. The number of unbranched alkanes of at least 4 members (excludes halogenated alkanes) is 1. The summed E-state index contributed by atoms with van der Waals surface area (Å²) in [6.07, 6.45) is -3.04. The first-order valence-electron chi connectivity index (χ1n) is 9.87. The van der Waals surface area contributed by atoms with Gasteiger partial charge in [-0.2, -0.15) is 18.4 Å². The van der Waals surface area contributed by atoms with E-state index in [2.05, 4.69) is 0 Å². The molecule has 0 bridgehead atoms. The molecular formula is C24H21F3N2O2. The number of nitrogens with zero attached hydrogens (tertiary/aromatic N) is 2. The number of pyridine rings is 1. The van der Waals surface area contributed by atoms with Crippen LogP contribution in [0.2, 0.25) is 0 Å². The lowest BCUT2D eigenvalue weighted by Gasteiger charge is -2.18. The fraction of sp³-hybridized carbons (Fsp3) is 0.250. The minimum absolute atomic E-state index is 0.0305. The fourth-order valence-corrected chi connectivity index (χ4v) is 3.22. The molecule has 0 N–H and O–H groups in total. The standard InChI is InChI=1S/C24H21F3N2O2/c1-2-3-12-31-19-11-7-10-18(13-19)22-14-21(24(25,26)27)20(15-28)23(30)29(22)16-17-8-5-4-6-9-17/h4-11,13-14H,2-3,12,16H2,1H3. The zero-order valence-corrected chi connectivity index (χ0v) is 16.9. The highest BCUT2D eigenvalue weighted by Crippen LogP contribution is 2.34. The Kier molecular flexibility index (Phi) is 6.81. The van der Waals surface area contributed by atoms with Gasteiger partial charge in [0.15, 0.2) is 0 Å². The molecule has 4 nitrogen and oxygen atoms in total. The summed E-state index contributed by atoms with van der Waals surface area (Å²) in [5, 5.41) is 9.30. The Balaban J connectivity index is 2.20. The Hall–Kier alpha value is -3.53. The molecule has 0 spiro atoms. The minimum atomic E-state index is -4.83. The monoisotopic (exact) mass is 426 g/mol. The van der Waals surface area contributed by atoms with Crippen molar-refractivity contribution in [3.8, 4) is 23.1 Å². The van der Waals surface area contributed by atoms with Crippen LogP contribution in [0.1, 0.15) is 36.5 Å². The van der Waals surface area contributed by atoms with E-state index in [1.54, 1.807) is 54.6 Å². The molecule has 0 amide bonds. The normalized spacial score (nSPS) is 11.2. The van der Waals surface area contributed by atoms with Crippen LogP contribution in [0.15, 0.2) is 65.5 Å². The lowest BCUT2D eigenvalue weighted by atomic mass is 10.0. The van der Waals surface area contributed by atoms with E-state index in [-0.39, 0.29) is 12.2 Å². The molecule has 0 saturated carbocycles. The Morgan fingerprint density at radius 1 is 1.06 bits per heavy atom. The molecule has 0 aliphatic rings. The zero-order chi connectivity index (χ0) is 22.4. The van der Waals surface area contributed by atoms with E-state index >= 15 is 0 Å². The quantitative estimate of drug-likeness (QED) is 0.460. The highest BCUT2D eigenvalue weighted by atomic mass is 19.4. The summed E-state index contributed by atoms with van der Waals surface area (Å²) in [5.74, 6) is 0.502. The molecule has 1 heterocycles. The predicted molar refractivity (Wildman–Crippen MR) is 112 cm³/mol. The second kappa shape index (κ2) is 9.52. The molecule has 0 aliphatic heterocycles. The van der Waals surface area contributed by atoms with Crippen molar-refractivity contribution in [2.45, 2.75) is 32.5 Å². The van der Waals surface area contributed by atoms with Gasteiger partial charge in [0.25, 0.3) is 5.56 Å². The van der Waals surface area contributed by atoms with Crippen LogP contribution in [0.5, 0.6) is 5.75 Å². The SMILES string of the molecule is CCCCOc1cccc(-c2cc(C(F)(F)F)c(C#N)c(=O)n2Cc2ccccc2)c1. The molecule has 0 saturated heterocycles. The number of hydrogen-bond donors (Lipinski definition) is 0. The van der Waals surface area contributed by atoms with Crippen molar-refractivity contribution in [3.63, 3.8) is 0 Å². The summed E-state index contributed by atoms with van der Waals surface area (Å²) in [5.41, 5.74) is -1.93. The first-order chi connectivity index (χ1) is 14.8. The van der Waals surface area contributed by atoms with Gasteiger partial charge in [0.1, 0.15) is 17.4 Å². The second-order valence-electron chi connectivity index (χ2n) is 7.03. The summed E-state index contributed by atoms with van der Waals surface area (Å²) < 4.78 is 47.8. The number of rotatable bonds is 7. The molecule has 0 atom stereocenters. The van der Waals surface area contributed by atoms with E-state index in [1.807, 2.05) is 6.92 Å². The second-order valence-corrected chi connectivity index (χ2v) is 7.03. The van der Waals surface area contributed by atoms with Gasteiger partial charge in [-0.05, 0) is 30.2 Å². The number of alkyl halides is 3. The average molecular weight is 426 g/mol. The van der Waals surface area contributed by atoms with Crippen LogP contribution < -0.4 is 10.3 Å². The maximum atomic E-state index is 13.6. The minimum Gasteiger partial charge on any atom is -0.494 e. The van der Waals surface area contributed by atoms with Gasteiger partial charge in [0, 0.05) is 5.56 Å². The first-order valence-corrected chi connectivity index (χ1v) is 9.87. The van der Waals surface area contributed by atoms with Crippen LogP contribution in [-0.4, -0.2) is 11.2 Å². The van der Waals surface area contributed by atoms with Crippen LogP contribution >= 0.6 is 0 Å². The van der Waals surface area contributed by atoms with Crippen molar-refractivity contribution in [1.29, 1.82) is 5.26 Å². The smallest absolute Gasteiger partial charge is 0.417 e. The molecular weight excluding hydrogens is 405 g/mol. The van der Waals surface area contributed by atoms with Gasteiger partial charge < -0.3 is 9.30 Å². The van der Waals surface area contributed by atoms with Gasteiger partial charge in [-0.3, -0.25) is 4.79 Å². The van der Waals surface area contributed by atoms with Crippen LogP contribution in [0.3, 0.4) is 0 Å². The average Bonchev–Trinajstić information content (AvgIpc) is 2.75. The summed E-state index contributed by atoms with van der Waals surface area (Å²) in [4.78, 5) is 13.0. The maximum Gasteiger partial charge on any atom is 0.417 e.